The van der Waals surface area contributed by atoms with Gasteiger partial charge in [-0.15, -0.1) is 0 Å². The van der Waals surface area contributed by atoms with Crippen molar-refractivity contribution in [1.82, 2.24) is 30.4 Å². The molecule has 4 rings (SSSR count). The fraction of sp³-hybridized carbons (Fsp3) is 0.371. The van der Waals surface area contributed by atoms with Gasteiger partial charge in [-0.25, -0.2) is 9.97 Å². The van der Waals surface area contributed by atoms with Gasteiger partial charge < -0.3 is 20.5 Å². The molecule has 0 aliphatic heterocycles. The second kappa shape index (κ2) is 16.9. The molecule has 2 heterocycles. The third kappa shape index (κ3) is 9.98. The summed E-state index contributed by atoms with van der Waals surface area (Å²) in [6.45, 7) is 6.25. The zero-order valence-electron chi connectivity index (χ0n) is 26.6. The van der Waals surface area contributed by atoms with Crippen molar-refractivity contribution in [3.05, 3.63) is 84.4 Å². The number of unbranched alkanes of at least 4 members (excludes halogenated alkanes) is 4. The highest BCUT2D eigenvalue weighted by molar-refractivity contribution is 5.97. The molecule has 3 N–H and O–H groups in total. The van der Waals surface area contributed by atoms with Gasteiger partial charge in [0.15, 0.2) is 5.82 Å². The van der Waals surface area contributed by atoms with Crippen LogP contribution in [0.4, 0.5) is 0 Å². The van der Waals surface area contributed by atoms with Crippen LogP contribution in [0.3, 0.4) is 0 Å². The van der Waals surface area contributed by atoms with Crippen LogP contribution in [0, 0.1) is 0 Å². The Morgan fingerprint density at radius 1 is 0.870 bits per heavy atom. The molecule has 11 nitrogen and oxygen atoms in total. The molecule has 0 aliphatic rings. The zero-order chi connectivity index (χ0) is 32.9. The van der Waals surface area contributed by atoms with Gasteiger partial charge in [0.1, 0.15) is 18.3 Å². The normalized spacial score (nSPS) is 11.7. The third-order valence-corrected chi connectivity index (χ3v) is 7.44. The van der Waals surface area contributed by atoms with Gasteiger partial charge >= 0.3 is 5.97 Å². The molecule has 0 fully saturated rings. The lowest BCUT2D eigenvalue weighted by Crippen LogP contribution is -2.49. The molecule has 0 spiro atoms. The number of carboxylic acids is 1. The van der Waals surface area contributed by atoms with Gasteiger partial charge in [-0.05, 0) is 43.5 Å². The lowest BCUT2D eigenvalue weighted by molar-refractivity contribution is -0.138. The van der Waals surface area contributed by atoms with Gasteiger partial charge in [0, 0.05) is 42.2 Å². The predicted molar refractivity (Wildman–Crippen MR) is 175 cm³/mol. The molecule has 1 unspecified atom stereocenters. The van der Waals surface area contributed by atoms with E-state index < -0.39 is 30.4 Å². The van der Waals surface area contributed by atoms with Crippen LogP contribution in [0.15, 0.2) is 73.3 Å². The van der Waals surface area contributed by atoms with Crippen LogP contribution in [-0.4, -0.2) is 61.8 Å². The molecule has 46 heavy (non-hydrogen) atoms. The van der Waals surface area contributed by atoms with Crippen molar-refractivity contribution in [2.45, 2.75) is 71.4 Å². The van der Waals surface area contributed by atoms with Gasteiger partial charge in [-0.3, -0.25) is 19.1 Å². The number of hydrogen-bond acceptors (Lipinski definition) is 7. The number of carboxylic acid groups (broad SMARTS) is 1. The molecule has 2 amide bonds. The van der Waals surface area contributed by atoms with E-state index in [0.717, 1.165) is 41.0 Å². The summed E-state index contributed by atoms with van der Waals surface area (Å²) in [5.74, 6) is -0.865. The number of aromatic nitrogens is 4. The first kappa shape index (κ1) is 33.8. The molecular weight excluding hydrogens is 584 g/mol. The van der Waals surface area contributed by atoms with E-state index in [1.165, 1.54) is 31.9 Å². The molecular formula is C35H42N6O5. The number of carbonyl (C=O) groups is 3. The van der Waals surface area contributed by atoms with Crippen molar-refractivity contribution in [3.8, 4) is 28.3 Å². The summed E-state index contributed by atoms with van der Waals surface area (Å²) in [6.07, 6.45) is 12.7. The molecule has 11 heteroatoms. The summed E-state index contributed by atoms with van der Waals surface area (Å²) < 4.78 is 7.51. The fourth-order valence-electron chi connectivity index (χ4n) is 4.77. The molecule has 0 bridgehead atoms. The maximum absolute atomic E-state index is 12.9. The van der Waals surface area contributed by atoms with E-state index >= 15 is 0 Å². The average molecular weight is 627 g/mol. The first-order valence-electron chi connectivity index (χ1n) is 15.7. The Hall–Kier alpha value is -5.06. The largest absolute Gasteiger partial charge is 0.494 e. The van der Waals surface area contributed by atoms with Crippen molar-refractivity contribution in [2.24, 2.45) is 0 Å². The molecule has 4 aromatic rings. The average Bonchev–Trinajstić information content (AvgIpc) is 3.57. The van der Waals surface area contributed by atoms with E-state index in [1.807, 2.05) is 62.4 Å². The number of carbonyl (C=O) groups excluding carboxylic acids is 2. The second-order valence-corrected chi connectivity index (χ2v) is 11.4. The fourth-order valence-corrected chi connectivity index (χ4v) is 4.77. The molecule has 0 aliphatic carbocycles. The van der Waals surface area contributed by atoms with Crippen LogP contribution in [-0.2, 0) is 16.0 Å². The Labute approximate surface area is 269 Å². The molecule has 0 saturated carbocycles. The quantitative estimate of drug-likeness (QED) is 0.131. The van der Waals surface area contributed by atoms with Crippen LogP contribution in [0.1, 0.15) is 74.8 Å². The summed E-state index contributed by atoms with van der Waals surface area (Å²) >= 11 is 0. The molecule has 2 aromatic carbocycles. The van der Waals surface area contributed by atoms with Gasteiger partial charge in [-0.1, -0.05) is 69.0 Å². The predicted octanol–water partition coefficient (Wildman–Crippen LogP) is 5.48. The SMILES string of the molecule is CCCCCCCOc1ccc(-c2cnc(-c3ccc(CC(NC(=O)c4cnn(C(C)C)c4)C(=O)NCC(=O)O)cc3)nc2)cc1. The van der Waals surface area contributed by atoms with Crippen molar-refractivity contribution in [1.29, 1.82) is 0 Å². The van der Waals surface area contributed by atoms with Crippen LogP contribution in [0.5, 0.6) is 5.75 Å². The van der Waals surface area contributed by atoms with Gasteiger partial charge in [0.2, 0.25) is 5.91 Å². The molecule has 0 radical (unpaired) electrons. The van der Waals surface area contributed by atoms with E-state index in [1.54, 1.807) is 23.3 Å². The van der Waals surface area contributed by atoms with Crippen LogP contribution in [0.2, 0.25) is 0 Å². The Bertz CT molecular complexity index is 1570. The zero-order valence-corrected chi connectivity index (χ0v) is 26.6. The summed E-state index contributed by atoms with van der Waals surface area (Å²) in [4.78, 5) is 45.9. The molecule has 1 atom stereocenters. The minimum Gasteiger partial charge on any atom is -0.494 e. The highest BCUT2D eigenvalue weighted by Gasteiger charge is 2.23. The number of nitrogens with zero attached hydrogens (tertiary/aromatic N) is 4. The minimum atomic E-state index is -1.18. The number of benzene rings is 2. The second-order valence-electron chi connectivity index (χ2n) is 11.4. The highest BCUT2D eigenvalue weighted by atomic mass is 16.5. The maximum Gasteiger partial charge on any atom is 0.322 e. The van der Waals surface area contributed by atoms with E-state index in [2.05, 4.69) is 32.6 Å². The Balaban J connectivity index is 1.37. The van der Waals surface area contributed by atoms with Crippen LogP contribution < -0.4 is 15.4 Å². The first-order valence-corrected chi connectivity index (χ1v) is 15.7. The van der Waals surface area contributed by atoms with Crippen molar-refractivity contribution >= 4 is 17.8 Å². The number of rotatable bonds is 17. The topological polar surface area (TPSA) is 148 Å². The van der Waals surface area contributed by atoms with Crippen molar-refractivity contribution < 1.29 is 24.2 Å². The Morgan fingerprint density at radius 3 is 2.17 bits per heavy atom. The lowest BCUT2D eigenvalue weighted by atomic mass is 10.0. The molecule has 2 aromatic heterocycles. The number of hydrogen-bond donors (Lipinski definition) is 3. The lowest BCUT2D eigenvalue weighted by Gasteiger charge is -2.18. The van der Waals surface area contributed by atoms with Crippen LogP contribution in [0.25, 0.3) is 22.5 Å². The number of ether oxygens (including phenoxy) is 1. The Morgan fingerprint density at radius 2 is 1.54 bits per heavy atom. The smallest absolute Gasteiger partial charge is 0.322 e. The molecule has 0 saturated heterocycles. The highest BCUT2D eigenvalue weighted by Crippen LogP contribution is 2.24. The third-order valence-electron chi connectivity index (χ3n) is 7.44. The van der Waals surface area contributed by atoms with Gasteiger partial charge in [0.05, 0.1) is 18.4 Å². The molecule has 242 valence electrons. The van der Waals surface area contributed by atoms with E-state index in [4.69, 9.17) is 9.84 Å². The summed E-state index contributed by atoms with van der Waals surface area (Å²) in [5.41, 5.74) is 3.73. The van der Waals surface area contributed by atoms with Crippen LogP contribution >= 0.6 is 0 Å². The van der Waals surface area contributed by atoms with Gasteiger partial charge in [-0.2, -0.15) is 5.10 Å². The standard InChI is InChI=1S/C35H42N6O5/c1-4-5-6-7-8-17-46-30-15-13-26(14-16-30)28-19-36-33(37-20-28)27-11-9-25(10-12-27)18-31(35(45)38-22-32(42)43)40-34(44)29-21-39-41(23-29)24(2)3/h9-16,19-21,23-24,31H,4-8,17-18,22H2,1-3H3,(H,38,45)(H,40,44)(H,42,43). The monoisotopic (exact) mass is 626 g/mol. The van der Waals surface area contributed by atoms with Crippen molar-refractivity contribution in [3.63, 3.8) is 0 Å². The Kier molecular flexibility index (Phi) is 12.4. The number of amides is 2. The summed E-state index contributed by atoms with van der Waals surface area (Å²) in [5, 5.41) is 18.3. The van der Waals surface area contributed by atoms with E-state index in [9.17, 15) is 14.4 Å². The van der Waals surface area contributed by atoms with Gasteiger partial charge in [0.25, 0.3) is 5.91 Å². The summed E-state index contributed by atoms with van der Waals surface area (Å²) in [6, 6.07) is 14.3. The van der Waals surface area contributed by atoms with E-state index in [0.29, 0.717) is 11.4 Å². The van der Waals surface area contributed by atoms with E-state index in [-0.39, 0.29) is 12.5 Å². The number of nitrogens with one attached hydrogen (secondary N) is 2. The summed E-state index contributed by atoms with van der Waals surface area (Å²) in [7, 11) is 0. The van der Waals surface area contributed by atoms with Crippen molar-refractivity contribution in [2.75, 3.05) is 13.2 Å². The first-order chi connectivity index (χ1) is 22.2. The maximum atomic E-state index is 12.9. The number of aliphatic carboxylic acids is 1. The minimum absolute atomic E-state index is 0.0658.